The van der Waals surface area contributed by atoms with Crippen molar-refractivity contribution in [3.05, 3.63) is 182 Å². The Labute approximate surface area is 333 Å². The second kappa shape index (κ2) is 15.8. The Balaban J connectivity index is 0.00000464. The van der Waals surface area contributed by atoms with E-state index in [9.17, 15) is 0 Å². The molecule has 0 bridgehead atoms. The molecule has 0 N–H and O–H groups in total. The molecule has 52 heavy (non-hydrogen) atoms. The average Bonchev–Trinajstić information content (AvgIpc) is 3.52. The third kappa shape index (κ3) is 7.07. The molecule has 0 spiro atoms. The van der Waals surface area contributed by atoms with E-state index in [4.69, 9.17) is 23.2 Å². The van der Waals surface area contributed by atoms with Crippen LogP contribution in [0.25, 0.3) is 0 Å². The van der Waals surface area contributed by atoms with Crippen molar-refractivity contribution < 1.29 is 19.5 Å². The minimum atomic E-state index is -2.43. The van der Waals surface area contributed by atoms with E-state index in [-0.39, 0.29) is 19.5 Å². The number of rotatable bonds is 6. The molecule has 5 aromatic rings. The van der Waals surface area contributed by atoms with Gasteiger partial charge in [0.25, 0.3) is 0 Å². The summed E-state index contributed by atoms with van der Waals surface area (Å²) in [6.45, 7) is 12.8. The van der Waals surface area contributed by atoms with Crippen LogP contribution in [0.5, 0.6) is 0 Å². The second-order valence-corrected chi connectivity index (χ2v) is 18.0. The fraction of sp³-hybridized carbons (Fsp3) is 0.196. The van der Waals surface area contributed by atoms with Crippen LogP contribution >= 0.6 is 30.1 Å². The Morgan fingerprint density at radius 3 is 1.58 bits per heavy atom. The molecule has 5 aromatic carbocycles. The zero-order valence-electron chi connectivity index (χ0n) is 30.7. The van der Waals surface area contributed by atoms with Crippen LogP contribution in [0.4, 0.5) is 11.4 Å². The molecule has 1 fully saturated rings. The summed E-state index contributed by atoms with van der Waals surface area (Å²) in [5.41, 5.74) is 13.0. The summed E-state index contributed by atoms with van der Waals surface area (Å²) in [7, 11) is 0. The maximum Gasteiger partial charge on any atom is 0.117 e. The molecule has 1 aliphatic carbocycles. The van der Waals surface area contributed by atoms with E-state index in [1.54, 1.807) is 0 Å². The first-order valence-corrected chi connectivity index (χ1v) is 20.3. The van der Waals surface area contributed by atoms with Crippen molar-refractivity contribution in [2.24, 2.45) is 0 Å². The Hall–Kier alpha value is -3.58. The summed E-state index contributed by atoms with van der Waals surface area (Å²) in [6, 6.07) is 37.1. The van der Waals surface area contributed by atoms with E-state index in [2.05, 4.69) is 166 Å². The molecule has 6 heteroatoms. The van der Waals surface area contributed by atoms with E-state index in [0.717, 1.165) is 24.8 Å². The molecule has 0 aromatic heterocycles. The molecule has 2 nitrogen and oxygen atoms in total. The van der Waals surface area contributed by atoms with Gasteiger partial charge in [-0.05, 0) is 104 Å². The summed E-state index contributed by atoms with van der Waals surface area (Å²) in [5.74, 6) is 3.80. The number of aryl methyl sites for hydroxylation is 6. The van der Waals surface area contributed by atoms with Crippen LogP contribution in [0.3, 0.4) is 0 Å². The summed E-state index contributed by atoms with van der Waals surface area (Å²) in [4.78, 5) is 5.16. The third-order valence-electron chi connectivity index (χ3n) is 10.2. The van der Waals surface area contributed by atoms with E-state index < -0.39 is 6.89 Å². The van der Waals surface area contributed by atoms with Gasteiger partial charge in [-0.2, -0.15) is 0 Å². The first-order valence-electron chi connectivity index (χ1n) is 17.7. The summed E-state index contributed by atoms with van der Waals surface area (Å²) in [6.07, 6.45) is 7.64. The third-order valence-corrected chi connectivity index (χ3v) is 15.2. The van der Waals surface area contributed by atoms with Gasteiger partial charge in [-0.15, -0.1) is 0 Å². The SMILES string of the molecule is Cc1cc(C)c(N2CCN(c3c(C)cc(C)cc3C)C2=C2C=CC=C(C=P(c3ccccc3)(c3ccccc3)c3cccc(Cl)c3Cl)C2)c(C)c1.[Ru]. The van der Waals surface area contributed by atoms with Crippen LogP contribution in [-0.2, 0) is 19.5 Å². The van der Waals surface area contributed by atoms with E-state index in [0.29, 0.717) is 10.0 Å². The summed E-state index contributed by atoms with van der Waals surface area (Å²) < 4.78 is 0. The van der Waals surface area contributed by atoms with Gasteiger partial charge in [0.2, 0.25) is 0 Å². The van der Waals surface area contributed by atoms with Gasteiger partial charge in [-0.1, -0.05) is 150 Å². The fourth-order valence-corrected chi connectivity index (χ4v) is 13.2. The van der Waals surface area contributed by atoms with Gasteiger partial charge < -0.3 is 9.80 Å². The minimum Gasteiger partial charge on any atom is -0.325 e. The smallest absolute Gasteiger partial charge is 0.117 e. The molecule has 0 radical (unpaired) electrons. The summed E-state index contributed by atoms with van der Waals surface area (Å²) in [5, 5.41) is 4.74. The number of benzene rings is 5. The minimum absolute atomic E-state index is 0. The number of halogens is 2. The zero-order chi connectivity index (χ0) is 35.9. The molecule has 1 aliphatic heterocycles. The number of hydrogen-bond acceptors (Lipinski definition) is 2. The first kappa shape index (κ1) is 38.2. The maximum atomic E-state index is 7.20. The predicted octanol–water partition coefficient (Wildman–Crippen LogP) is 11.1. The van der Waals surface area contributed by atoms with Crippen molar-refractivity contribution in [3.8, 4) is 0 Å². The standard InChI is InChI=1S/C46H45Cl2N2P.Ru/c1-31-25-33(3)44(34(4)26-31)49-23-24-50(45-35(5)27-32(2)28-36(45)6)46(49)38-16-13-15-37(29-38)30-51(39-17-9-7-10-18-39,40-19-11-8-12-20-40)42-22-14-21-41(47)43(42)48;/h7-22,25-28,30H,23-24,29H2,1-6H3;. The Bertz CT molecular complexity index is 2130. The molecule has 1 saturated heterocycles. The molecule has 1 heterocycles. The van der Waals surface area contributed by atoms with Gasteiger partial charge in [-0.3, -0.25) is 0 Å². The predicted molar refractivity (Wildman–Crippen MR) is 226 cm³/mol. The Morgan fingerprint density at radius 2 is 1.10 bits per heavy atom. The van der Waals surface area contributed by atoms with Crippen molar-refractivity contribution in [1.29, 1.82) is 0 Å². The molecular formula is C46H45Cl2N2PRu. The van der Waals surface area contributed by atoms with Gasteiger partial charge in [-0.25, -0.2) is 0 Å². The topological polar surface area (TPSA) is 6.48 Å². The number of hydrogen-bond donors (Lipinski definition) is 0. The van der Waals surface area contributed by atoms with Crippen LogP contribution in [0.2, 0.25) is 10.0 Å². The summed E-state index contributed by atoms with van der Waals surface area (Å²) >= 11 is 14.0. The van der Waals surface area contributed by atoms with Gasteiger partial charge in [0.1, 0.15) is 5.82 Å². The first-order chi connectivity index (χ1) is 24.6. The van der Waals surface area contributed by atoms with Crippen LogP contribution < -0.4 is 25.7 Å². The zero-order valence-corrected chi connectivity index (χ0v) is 34.8. The Kier molecular flexibility index (Phi) is 11.6. The normalized spacial score (nSPS) is 14.4. The molecule has 0 unspecified atom stereocenters. The van der Waals surface area contributed by atoms with Crippen LogP contribution in [-0.4, -0.2) is 18.9 Å². The van der Waals surface area contributed by atoms with Crippen LogP contribution in [0.15, 0.2) is 138 Å². The average molecular weight is 829 g/mol. The van der Waals surface area contributed by atoms with Gasteiger partial charge in [0.15, 0.2) is 0 Å². The number of anilines is 2. The molecule has 0 atom stereocenters. The van der Waals surface area contributed by atoms with Crippen molar-refractivity contribution >= 4 is 63.2 Å². The van der Waals surface area contributed by atoms with E-state index >= 15 is 0 Å². The van der Waals surface area contributed by atoms with Crippen molar-refractivity contribution in [2.75, 3.05) is 22.9 Å². The van der Waals surface area contributed by atoms with Gasteiger partial charge in [0.05, 0.1) is 10.0 Å². The molecule has 7 rings (SSSR count). The molecule has 0 amide bonds. The molecule has 266 valence electrons. The van der Waals surface area contributed by atoms with Crippen LogP contribution in [0.1, 0.15) is 39.8 Å². The second-order valence-electron chi connectivity index (χ2n) is 14.0. The molecule has 0 saturated carbocycles. The quantitative estimate of drug-likeness (QED) is 0.124. The van der Waals surface area contributed by atoms with Crippen molar-refractivity contribution in [3.63, 3.8) is 0 Å². The van der Waals surface area contributed by atoms with Crippen LogP contribution in [0, 0.1) is 41.5 Å². The van der Waals surface area contributed by atoms with Gasteiger partial charge >= 0.3 is 0 Å². The van der Waals surface area contributed by atoms with Crippen molar-refractivity contribution in [2.45, 2.75) is 48.0 Å². The monoisotopic (exact) mass is 828 g/mol. The fourth-order valence-electron chi connectivity index (χ4n) is 8.39. The van der Waals surface area contributed by atoms with Crippen molar-refractivity contribution in [1.82, 2.24) is 0 Å². The number of allylic oxidation sites excluding steroid dienone is 5. The van der Waals surface area contributed by atoms with E-state index in [1.165, 1.54) is 72.3 Å². The molecular weight excluding hydrogens is 783 g/mol. The Morgan fingerprint density at radius 1 is 0.615 bits per heavy atom. The molecule has 2 aliphatic rings. The van der Waals surface area contributed by atoms with E-state index in [1.807, 2.05) is 12.1 Å². The van der Waals surface area contributed by atoms with Gasteiger partial charge in [0, 0.05) is 55.7 Å². The number of nitrogens with zero attached hydrogens (tertiary/aromatic N) is 2. The maximum absolute atomic E-state index is 7.20. The largest absolute Gasteiger partial charge is 0.325 e.